The average Bonchev–Trinajstić information content (AvgIpc) is 2.75. The van der Waals surface area contributed by atoms with Crippen LogP contribution in [0.3, 0.4) is 0 Å². The van der Waals surface area contributed by atoms with E-state index in [-0.39, 0.29) is 18.3 Å². The molecule has 2 aromatic carbocycles. The Morgan fingerprint density at radius 2 is 1.70 bits per heavy atom. The molecule has 0 saturated carbocycles. The molecule has 1 heterocycles. The molecule has 2 N–H and O–H groups in total. The number of carbonyl (C=O) groups excluding carboxylic acids is 2. The van der Waals surface area contributed by atoms with Gasteiger partial charge in [0.2, 0.25) is 5.91 Å². The first-order chi connectivity index (χ1) is 15.6. The van der Waals surface area contributed by atoms with Gasteiger partial charge in [-0.25, -0.2) is 4.79 Å². The van der Waals surface area contributed by atoms with Gasteiger partial charge in [-0.3, -0.25) is 9.69 Å². The van der Waals surface area contributed by atoms with Crippen molar-refractivity contribution in [3.63, 3.8) is 0 Å². The summed E-state index contributed by atoms with van der Waals surface area (Å²) >= 11 is 0. The highest BCUT2D eigenvalue weighted by Gasteiger charge is 2.33. The van der Waals surface area contributed by atoms with Crippen molar-refractivity contribution >= 4 is 17.6 Å². The molecule has 9 heteroatoms. The van der Waals surface area contributed by atoms with Crippen LogP contribution in [0.4, 0.5) is 23.7 Å². The molecule has 2 aromatic rings. The van der Waals surface area contributed by atoms with Crippen molar-refractivity contribution in [2.24, 2.45) is 0 Å². The number of anilines is 1. The van der Waals surface area contributed by atoms with Gasteiger partial charge in [-0.2, -0.15) is 13.2 Å². The molecule has 178 valence electrons. The molecule has 6 nitrogen and oxygen atoms in total. The SMILES string of the molecule is Cc1ccc(CCNC(=O)N2CCN(CC(=O)Nc3ccccc3C(F)(F)F)CC2)c(C)c1. The Balaban J connectivity index is 1.41. The summed E-state index contributed by atoms with van der Waals surface area (Å²) in [6.07, 6.45) is -3.79. The van der Waals surface area contributed by atoms with Crippen LogP contribution in [0.15, 0.2) is 42.5 Å². The van der Waals surface area contributed by atoms with Crippen LogP contribution in [0.1, 0.15) is 22.3 Å². The van der Waals surface area contributed by atoms with E-state index in [0.717, 1.165) is 12.5 Å². The van der Waals surface area contributed by atoms with Crippen molar-refractivity contribution in [3.8, 4) is 0 Å². The fourth-order valence-corrected chi connectivity index (χ4v) is 3.88. The number of carbonyl (C=O) groups is 2. The highest BCUT2D eigenvalue weighted by molar-refractivity contribution is 5.93. The number of hydrogen-bond donors (Lipinski definition) is 2. The normalized spacial score (nSPS) is 14.8. The number of alkyl halides is 3. The Kier molecular flexibility index (Phi) is 7.97. The summed E-state index contributed by atoms with van der Waals surface area (Å²) in [7, 11) is 0. The van der Waals surface area contributed by atoms with E-state index in [2.05, 4.69) is 35.8 Å². The number of aryl methyl sites for hydroxylation is 2. The molecule has 0 unspecified atom stereocenters. The molecular formula is C24H29F3N4O2. The van der Waals surface area contributed by atoms with Gasteiger partial charge in [-0.05, 0) is 43.5 Å². The van der Waals surface area contributed by atoms with E-state index in [0.29, 0.717) is 32.7 Å². The molecule has 1 aliphatic heterocycles. The Hall–Kier alpha value is -3.07. The van der Waals surface area contributed by atoms with E-state index < -0.39 is 17.6 Å². The van der Waals surface area contributed by atoms with E-state index in [1.807, 2.05) is 11.8 Å². The Morgan fingerprint density at radius 1 is 1.00 bits per heavy atom. The third-order valence-electron chi connectivity index (χ3n) is 5.70. The molecule has 33 heavy (non-hydrogen) atoms. The van der Waals surface area contributed by atoms with Gasteiger partial charge in [0.1, 0.15) is 0 Å². The van der Waals surface area contributed by atoms with Crippen molar-refractivity contribution in [2.45, 2.75) is 26.4 Å². The second-order valence-corrected chi connectivity index (χ2v) is 8.27. The summed E-state index contributed by atoms with van der Waals surface area (Å²) in [6.45, 7) is 6.43. The first-order valence-electron chi connectivity index (χ1n) is 10.9. The van der Waals surface area contributed by atoms with Crippen molar-refractivity contribution < 1.29 is 22.8 Å². The van der Waals surface area contributed by atoms with Crippen LogP contribution in [-0.2, 0) is 17.4 Å². The Bertz CT molecular complexity index is 986. The average molecular weight is 463 g/mol. The number of halogens is 3. The zero-order valence-electron chi connectivity index (χ0n) is 18.8. The molecule has 1 fully saturated rings. The van der Waals surface area contributed by atoms with Crippen LogP contribution in [0, 0.1) is 13.8 Å². The molecule has 1 aliphatic rings. The monoisotopic (exact) mass is 462 g/mol. The molecule has 0 atom stereocenters. The lowest BCUT2D eigenvalue weighted by Crippen LogP contribution is -2.53. The number of rotatable bonds is 6. The number of para-hydroxylation sites is 1. The molecular weight excluding hydrogens is 433 g/mol. The van der Waals surface area contributed by atoms with Crippen molar-refractivity contribution in [1.29, 1.82) is 0 Å². The molecule has 1 saturated heterocycles. The van der Waals surface area contributed by atoms with Crippen LogP contribution in [0.5, 0.6) is 0 Å². The van der Waals surface area contributed by atoms with E-state index in [4.69, 9.17) is 0 Å². The summed E-state index contributed by atoms with van der Waals surface area (Å²) < 4.78 is 39.3. The van der Waals surface area contributed by atoms with Crippen LogP contribution in [-0.4, -0.2) is 61.0 Å². The van der Waals surface area contributed by atoms with Crippen molar-refractivity contribution in [2.75, 3.05) is 44.6 Å². The quantitative estimate of drug-likeness (QED) is 0.686. The maximum absolute atomic E-state index is 13.1. The number of nitrogens with one attached hydrogen (secondary N) is 2. The zero-order chi connectivity index (χ0) is 24.0. The predicted molar refractivity (Wildman–Crippen MR) is 121 cm³/mol. The van der Waals surface area contributed by atoms with Gasteiger partial charge in [0.25, 0.3) is 0 Å². The van der Waals surface area contributed by atoms with E-state index in [9.17, 15) is 22.8 Å². The van der Waals surface area contributed by atoms with Crippen LogP contribution in [0.25, 0.3) is 0 Å². The molecule has 0 spiro atoms. The lowest BCUT2D eigenvalue weighted by Gasteiger charge is -2.34. The second kappa shape index (κ2) is 10.7. The van der Waals surface area contributed by atoms with Gasteiger partial charge in [0.15, 0.2) is 0 Å². The number of piperazine rings is 1. The Morgan fingerprint density at radius 3 is 2.36 bits per heavy atom. The number of amides is 3. The van der Waals surface area contributed by atoms with E-state index >= 15 is 0 Å². The minimum atomic E-state index is -4.54. The van der Waals surface area contributed by atoms with Gasteiger partial charge >= 0.3 is 12.2 Å². The second-order valence-electron chi connectivity index (χ2n) is 8.27. The van der Waals surface area contributed by atoms with E-state index in [1.54, 1.807) is 4.90 Å². The molecule has 0 aliphatic carbocycles. The van der Waals surface area contributed by atoms with Gasteiger partial charge in [0.05, 0.1) is 17.8 Å². The predicted octanol–water partition coefficient (Wildman–Crippen LogP) is 3.83. The first-order valence-corrected chi connectivity index (χ1v) is 10.9. The molecule has 3 amide bonds. The lowest BCUT2D eigenvalue weighted by molar-refractivity contribution is -0.137. The van der Waals surface area contributed by atoms with E-state index in [1.165, 1.54) is 34.9 Å². The molecule has 0 radical (unpaired) electrons. The van der Waals surface area contributed by atoms with Gasteiger partial charge in [-0.1, -0.05) is 35.9 Å². The van der Waals surface area contributed by atoms with Gasteiger partial charge < -0.3 is 15.5 Å². The topological polar surface area (TPSA) is 64.7 Å². The number of urea groups is 1. The number of benzene rings is 2. The van der Waals surface area contributed by atoms with Crippen molar-refractivity contribution in [1.82, 2.24) is 15.1 Å². The number of hydrogen-bond acceptors (Lipinski definition) is 3. The summed E-state index contributed by atoms with van der Waals surface area (Å²) in [5, 5.41) is 5.29. The van der Waals surface area contributed by atoms with Crippen LogP contribution >= 0.6 is 0 Å². The minimum absolute atomic E-state index is 0.0334. The first kappa shape index (κ1) is 24.6. The summed E-state index contributed by atoms with van der Waals surface area (Å²) in [6, 6.07) is 11.0. The lowest BCUT2D eigenvalue weighted by atomic mass is 10.0. The van der Waals surface area contributed by atoms with Gasteiger partial charge in [0, 0.05) is 32.7 Å². The summed E-state index contributed by atoms with van der Waals surface area (Å²) in [5.74, 6) is -0.516. The maximum Gasteiger partial charge on any atom is 0.418 e. The third kappa shape index (κ3) is 6.95. The smallest absolute Gasteiger partial charge is 0.338 e. The standard InChI is InChI=1S/C24H29F3N4O2/c1-17-7-8-19(18(2)15-17)9-10-28-23(33)31-13-11-30(12-14-31)16-22(32)29-21-6-4-3-5-20(21)24(25,26)27/h3-8,15H,9-14,16H2,1-2H3,(H,28,33)(H,29,32). The fraction of sp³-hybridized carbons (Fsp3) is 0.417. The fourth-order valence-electron chi connectivity index (χ4n) is 3.88. The van der Waals surface area contributed by atoms with Gasteiger partial charge in [-0.15, -0.1) is 0 Å². The largest absolute Gasteiger partial charge is 0.418 e. The zero-order valence-corrected chi connectivity index (χ0v) is 18.8. The third-order valence-corrected chi connectivity index (χ3v) is 5.70. The van der Waals surface area contributed by atoms with Crippen LogP contribution in [0.2, 0.25) is 0 Å². The molecule has 3 rings (SSSR count). The number of nitrogens with zero attached hydrogens (tertiary/aromatic N) is 2. The highest BCUT2D eigenvalue weighted by atomic mass is 19.4. The Labute approximate surface area is 191 Å². The van der Waals surface area contributed by atoms with Crippen LogP contribution < -0.4 is 10.6 Å². The summed E-state index contributed by atoms with van der Waals surface area (Å²) in [4.78, 5) is 28.2. The molecule has 0 bridgehead atoms. The highest BCUT2D eigenvalue weighted by Crippen LogP contribution is 2.34. The molecule has 0 aromatic heterocycles. The minimum Gasteiger partial charge on any atom is -0.338 e. The maximum atomic E-state index is 13.1. The van der Waals surface area contributed by atoms with Crippen molar-refractivity contribution in [3.05, 3.63) is 64.7 Å². The summed E-state index contributed by atoms with van der Waals surface area (Å²) in [5.41, 5.74) is 2.48.